The molecule has 0 spiro atoms. The van der Waals surface area contributed by atoms with Gasteiger partial charge in [-0.25, -0.2) is 8.78 Å². The molecular weight excluding hydrogens is 361 g/mol. The molecule has 5 heteroatoms. The van der Waals surface area contributed by atoms with Crippen LogP contribution in [0.3, 0.4) is 0 Å². The van der Waals surface area contributed by atoms with Gasteiger partial charge in [0, 0.05) is 9.64 Å². The van der Waals surface area contributed by atoms with Crippen molar-refractivity contribution in [3.05, 3.63) is 68.8 Å². The molecule has 0 amide bonds. The molecule has 2 aromatic rings. The number of hydrazine groups is 1. The van der Waals surface area contributed by atoms with Gasteiger partial charge < -0.3 is 0 Å². The van der Waals surface area contributed by atoms with E-state index in [9.17, 15) is 8.78 Å². The minimum Gasteiger partial charge on any atom is -0.271 e. The molecule has 0 aliphatic rings. The van der Waals surface area contributed by atoms with Gasteiger partial charge in [-0.05, 0) is 64.4 Å². The largest absolute Gasteiger partial charge is 0.271 e. The third-order valence-corrected chi connectivity index (χ3v) is 3.49. The van der Waals surface area contributed by atoms with Crippen molar-refractivity contribution < 1.29 is 8.78 Å². The van der Waals surface area contributed by atoms with Crippen molar-refractivity contribution in [1.29, 1.82) is 0 Å². The first-order valence-electron chi connectivity index (χ1n) is 5.75. The molecule has 0 aromatic heterocycles. The maximum absolute atomic E-state index is 13.2. The fourth-order valence-electron chi connectivity index (χ4n) is 1.96. The van der Waals surface area contributed by atoms with Crippen molar-refractivity contribution in [1.82, 2.24) is 5.43 Å². The van der Waals surface area contributed by atoms with Crippen molar-refractivity contribution in [3.8, 4) is 0 Å². The number of hydrogen-bond acceptors (Lipinski definition) is 2. The fraction of sp³-hybridized carbons (Fsp3) is 0.143. The van der Waals surface area contributed by atoms with Gasteiger partial charge in [-0.1, -0.05) is 12.1 Å². The van der Waals surface area contributed by atoms with Gasteiger partial charge in [0.1, 0.15) is 11.6 Å². The number of nitrogens with one attached hydrogen (secondary N) is 1. The van der Waals surface area contributed by atoms with E-state index in [2.05, 4.69) is 28.0 Å². The number of halogens is 3. The molecule has 2 rings (SSSR count). The number of hydrogen-bond donors (Lipinski definition) is 2. The van der Waals surface area contributed by atoms with E-state index in [1.807, 2.05) is 24.3 Å². The van der Waals surface area contributed by atoms with Crippen LogP contribution in [-0.4, -0.2) is 0 Å². The lowest BCUT2D eigenvalue weighted by atomic mass is 9.99. The summed E-state index contributed by atoms with van der Waals surface area (Å²) in [5.74, 6) is 4.39. The molecule has 2 nitrogen and oxygen atoms in total. The standard InChI is InChI=1S/C14H13F2IN2/c15-11-4-9(5-12(16)8-11)6-14(19-18)10-2-1-3-13(17)7-10/h1-5,7-8,14,19H,6,18H2. The van der Waals surface area contributed by atoms with Gasteiger partial charge in [-0.2, -0.15) is 0 Å². The summed E-state index contributed by atoms with van der Waals surface area (Å²) < 4.78 is 27.4. The van der Waals surface area contributed by atoms with Crippen LogP contribution in [0, 0.1) is 15.2 Å². The summed E-state index contributed by atoms with van der Waals surface area (Å²) in [4.78, 5) is 0. The van der Waals surface area contributed by atoms with Crippen LogP contribution in [0.15, 0.2) is 42.5 Å². The first-order chi connectivity index (χ1) is 9.08. The molecule has 3 N–H and O–H groups in total. The smallest absolute Gasteiger partial charge is 0.126 e. The second kappa shape index (κ2) is 6.40. The monoisotopic (exact) mass is 374 g/mol. The molecular formula is C14H13F2IN2. The summed E-state index contributed by atoms with van der Waals surface area (Å²) in [5.41, 5.74) is 4.24. The molecule has 0 fully saturated rings. The number of nitrogens with two attached hydrogens (primary N) is 1. The average Bonchev–Trinajstić information content (AvgIpc) is 2.34. The molecule has 0 radical (unpaired) electrons. The highest BCUT2D eigenvalue weighted by Gasteiger charge is 2.12. The Morgan fingerprint density at radius 1 is 1.11 bits per heavy atom. The fourth-order valence-corrected chi connectivity index (χ4v) is 2.53. The quantitative estimate of drug-likeness (QED) is 0.490. The van der Waals surface area contributed by atoms with E-state index in [0.717, 1.165) is 15.2 Å². The number of rotatable bonds is 4. The van der Waals surface area contributed by atoms with Gasteiger partial charge in [-0.3, -0.25) is 11.3 Å². The van der Waals surface area contributed by atoms with Gasteiger partial charge in [-0.15, -0.1) is 0 Å². The second-order valence-electron chi connectivity index (χ2n) is 4.26. The summed E-state index contributed by atoms with van der Waals surface area (Å²) >= 11 is 2.21. The molecule has 1 atom stereocenters. The van der Waals surface area contributed by atoms with E-state index in [1.165, 1.54) is 12.1 Å². The van der Waals surface area contributed by atoms with Gasteiger partial charge >= 0.3 is 0 Å². The van der Waals surface area contributed by atoms with Crippen LogP contribution in [0.25, 0.3) is 0 Å². The van der Waals surface area contributed by atoms with Gasteiger partial charge in [0.05, 0.1) is 6.04 Å². The highest BCUT2D eigenvalue weighted by Crippen LogP contribution is 2.20. The Morgan fingerprint density at radius 2 is 1.79 bits per heavy atom. The van der Waals surface area contributed by atoms with E-state index >= 15 is 0 Å². The minimum absolute atomic E-state index is 0.184. The molecule has 0 aliphatic heterocycles. The molecule has 0 bridgehead atoms. The Bertz CT molecular complexity index is 555. The average molecular weight is 374 g/mol. The van der Waals surface area contributed by atoms with Crippen LogP contribution in [0.2, 0.25) is 0 Å². The van der Waals surface area contributed by atoms with Crippen LogP contribution in [0.1, 0.15) is 17.2 Å². The second-order valence-corrected chi connectivity index (χ2v) is 5.50. The van der Waals surface area contributed by atoms with E-state index in [-0.39, 0.29) is 6.04 Å². The van der Waals surface area contributed by atoms with E-state index in [0.29, 0.717) is 12.0 Å². The first-order valence-corrected chi connectivity index (χ1v) is 6.83. The van der Waals surface area contributed by atoms with Gasteiger partial charge in [0.15, 0.2) is 0 Å². The molecule has 0 aliphatic carbocycles. The number of benzene rings is 2. The van der Waals surface area contributed by atoms with Crippen LogP contribution < -0.4 is 11.3 Å². The zero-order valence-corrected chi connectivity index (χ0v) is 12.2. The molecule has 0 saturated heterocycles. The van der Waals surface area contributed by atoms with Crippen molar-refractivity contribution in [2.75, 3.05) is 0 Å². The molecule has 100 valence electrons. The summed E-state index contributed by atoms with van der Waals surface area (Å²) in [5, 5.41) is 0. The van der Waals surface area contributed by atoms with Crippen molar-refractivity contribution >= 4 is 22.6 Å². The lowest BCUT2D eigenvalue weighted by molar-refractivity contribution is 0.540. The zero-order valence-electron chi connectivity index (χ0n) is 10.0. The topological polar surface area (TPSA) is 38.0 Å². The van der Waals surface area contributed by atoms with E-state index < -0.39 is 11.6 Å². The Morgan fingerprint density at radius 3 is 2.37 bits per heavy atom. The third-order valence-electron chi connectivity index (χ3n) is 2.81. The normalized spacial score (nSPS) is 12.4. The van der Waals surface area contributed by atoms with Gasteiger partial charge in [0.2, 0.25) is 0 Å². The highest BCUT2D eigenvalue weighted by molar-refractivity contribution is 14.1. The lowest BCUT2D eigenvalue weighted by Crippen LogP contribution is -2.29. The molecule has 1 unspecified atom stereocenters. The molecule has 2 aromatic carbocycles. The third kappa shape index (κ3) is 3.95. The van der Waals surface area contributed by atoms with Crippen LogP contribution in [0.4, 0.5) is 8.78 Å². The molecule has 19 heavy (non-hydrogen) atoms. The summed E-state index contributed by atoms with van der Waals surface area (Å²) in [6, 6.07) is 11.1. The summed E-state index contributed by atoms with van der Waals surface area (Å²) in [6.07, 6.45) is 0.422. The van der Waals surface area contributed by atoms with Crippen LogP contribution >= 0.6 is 22.6 Å². The van der Waals surface area contributed by atoms with Gasteiger partial charge in [0.25, 0.3) is 0 Å². The maximum atomic E-state index is 13.2. The zero-order chi connectivity index (χ0) is 13.8. The Balaban J connectivity index is 2.23. The highest BCUT2D eigenvalue weighted by atomic mass is 127. The minimum atomic E-state index is -0.576. The SMILES string of the molecule is NNC(Cc1cc(F)cc(F)c1)c1cccc(I)c1. The van der Waals surface area contributed by atoms with Crippen LogP contribution in [-0.2, 0) is 6.42 Å². The van der Waals surface area contributed by atoms with Crippen molar-refractivity contribution in [2.24, 2.45) is 5.84 Å². The predicted molar refractivity (Wildman–Crippen MR) is 79.3 cm³/mol. The molecule has 0 heterocycles. The summed E-state index contributed by atoms with van der Waals surface area (Å²) in [6.45, 7) is 0. The lowest BCUT2D eigenvalue weighted by Gasteiger charge is -2.17. The summed E-state index contributed by atoms with van der Waals surface area (Å²) in [7, 11) is 0. The first kappa shape index (κ1) is 14.4. The maximum Gasteiger partial charge on any atom is 0.126 e. The Kier molecular flexibility index (Phi) is 4.84. The van der Waals surface area contributed by atoms with E-state index in [4.69, 9.17) is 5.84 Å². The predicted octanol–water partition coefficient (Wildman–Crippen LogP) is 3.32. The van der Waals surface area contributed by atoms with Crippen molar-refractivity contribution in [3.63, 3.8) is 0 Å². The van der Waals surface area contributed by atoms with Crippen LogP contribution in [0.5, 0.6) is 0 Å². The van der Waals surface area contributed by atoms with Crippen molar-refractivity contribution in [2.45, 2.75) is 12.5 Å². The van der Waals surface area contributed by atoms with E-state index in [1.54, 1.807) is 0 Å². The Hall–Kier alpha value is -1.05. The molecule has 0 saturated carbocycles. The Labute approximate surface area is 124 Å².